The van der Waals surface area contributed by atoms with Crippen molar-refractivity contribution in [1.82, 2.24) is 5.32 Å². The van der Waals surface area contributed by atoms with Crippen LogP contribution < -0.4 is 15.4 Å². The van der Waals surface area contributed by atoms with Gasteiger partial charge in [-0.1, -0.05) is 13.0 Å². The Bertz CT molecular complexity index is 434. The van der Waals surface area contributed by atoms with Crippen molar-refractivity contribution in [1.29, 1.82) is 0 Å². The Hall–Kier alpha value is -1.26. The number of carbonyl (C=O) groups excluding carboxylic acids is 1. The fourth-order valence-corrected chi connectivity index (χ4v) is 2.40. The summed E-state index contributed by atoms with van der Waals surface area (Å²) in [5, 5.41) is 6.27. The van der Waals surface area contributed by atoms with Crippen LogP contribution in [0.3, 0.4) is 0 Å². The van der Waals surface area contributed by atoms with Crippen molar-refractivity contribution in [2.24, 2.45) is 5.92 Å². The zero-order valence-corrected chi connectivity index (χ0v) is 13.4. The minimum Gasteiger partial charge on any atom is -0.494 e. The first-order valence-electron chi connectivity index (χ1n) is 7.51. The van der Waals surface area contributed by atoms with Gasteiger partial charge in [0.15, 0.2) is 0 Å². The van der Waals surface area contributed by atoms with Gasteiger partial charge in [-0.3, -0.25) is 4.79 Å². The topological polar surface area (TPSA) is 50.4 Å². The van der Waals surface area contributed by atoms with Gasteiger partial charge in [-0.05, 0) is 50.4 Å². The first kappa shape index (κ1) is 17.8. The summed E-state index contributed by atoms with van der Waals surface area (Å²) < 4.78 is 5.56. The molecule has 2 rings (SSSR count). The van der Waals surface area contributed by atoms with Crippen LogP contribution in [0.25, 0.3) is 0 Å². The third kappa shape index (κ3) is 6.36. The molecule has 2 N–H and O–H groups in total. The van der Waals surface area contributed by atoms with Crippen LogP contribution >= 0.6 is 12.4 Å². The number of benzene rings is 1. The van der Waals surface area contributed by atoms with Crippen LogP contribution in [0, 0.1) is 5.92 Å². The minimum atomic E-state index is 0. The van der Waals surface area contributed by atoms with E-state index < -0.39 is 0 Å². The van der Waals surface area contributed by atoms with Gasteiger partial charge in [-0.25, -0.2) is 0 Å². The number of halogens is 1. The van der Waals surface area contributed by atoms with E-state index in [1.165, 1.54) is 6.42 Å². The molecule has 0 saturated carbocycles. The zero-order valence-electron chi connectivity index (χ0n) is 12.6. The Morgan fingerprint density at radius 2 is 2.33 bits per heavy atom. The number of carbonyl (C=O) groups is 1. The Morgan fingerprint density at radius 3 is 3.05 bits per heavy atom. The largest absolute Gasteiger partial charge is 0.494 e. The number of ether oxygens (including phenoxy) is 1. The van der Waals surface area contributed by atoms with E-state index in [-0.39, 0.29) is 18.3 Å². The summed E-state index contributed by atoms with van der Waals surface area (Å²) in [6, 6.07) is 7.59. The number of hydrogen-bond acceptors (Lipinski definition) is 3. The molecule has 1 aromatic rings. The van der Waals surface area contributed by atoms with Crippen molar-refractivity contribution in [2.75, 3.05) is 25.0 Å². The van der Waals surface area contributed by atoms with Crippen molar-refractivity contribution >= 4 is 24.0 Å². The molecule has 0 bridgehead atoms. The van der Waals surface area contributed by atoms with Crippen molar-refractivity contribution in [3.63, 3.8) is 0 Å². The number of rotatable bonds is 7. The van der Waals surface area contributed by atoms with Gasteiger partial charge in [0.25, 0.3) is 0 Å². The van der Waals surface area contributed by atoms with Gasteiger partial charge >= 0.3 is 0 Å². The number of anilines is 1. The molecule has 1 amide bonds. The van der Waals surface area contributed by atoms with Gasteiger partial charge < -0.3 is 15.4 Å². The maximum atomic E-state index is 11.9. The molecule has 0 radical (unpaired) electrons. The van der Waals surface area contributed by atoms with Crippen LogP contribution in [-0.2, 0) is 4.79 Å². The molecule has 0 spiro atoms. The first-order valence-corrected chi connectivity index (χ1v) is 7.51. The maximum absolute atomic E-state index is 11.9. The highest BCUT2D eigenvalue weighted by Gasteiger charge is 2.15. The van der Waals surface area contributed by atoms with Gasteiger partial charge in [-0.2, -0.15) is 0 Å². The highest BCUT2D eigenvalue weighted by Crippen LogP contribution is 2.19. The molecule has 1 aromatic carbocycles. The molecule has 4 nitrogen and oxygen atoms in total. The average Bonchev–Trinajstić information content (AvgIpc) is 2.97. The van der Waals surface area contributed by atoms with E-state index in [2.05, 4.69) is 17.6 Å². The normalized spacial score (nSPS) is 17.1. The van der Waals surface area contributed by atoms with Crippen molar-refractivity contribution in [3.05, 3.63) is 24.3 Å². The number of nitrogens with one attached hydrogen (secondary N) is 2. The van der Waals surface area contributed by atoms with E-state index in [0.717, 1.165) is 37.4 Å². The minimum absolute atomic E-state index is 0. The van der Waals surface area contributed by atoms with E-state index in [0.29, 0.717) is 18.9 Å². The molecule has 1 unspecified atom stereocenters. The van der Waals surface area contributed by atoms with Crippen molar-refractivity contribution in [2.45, 2.75) is 32.6 Å². The van der Waals surface area contributed by atoms with Gasteiger partial charge in [-0.15, -0.1) is 12.4 Å². The standard InChI is InChI=1S/C16H24N2O2.ClH/c1-2-10-20-15-5-3-4-14(11-15)18-16(19)7-6-13-8-9-17-12-13;/h3-5,11,13,17H,2,6-10,12H2,1H3,(H,18,19);1H. The molecule has 1 aliphatic heterocycles. The van der Waals surface area contributed by atoms with Gasteiger partial charge in [0.2, 0.25) is 5.91 Å². The molecule has 1 fully saturated rings. The summed E-state index contributed by atoms with van der Waals surface area (Å²) in [5.41, 5.74) is 0.813. The maximum Gasteiger partial charge on any atom is 0.224 e. The summed E-state index contributed by atoms with van der Waals surface area (Å²) in [4.78, 5) is 11.9. The Kier molecular flexibility index (Phi) is 8.16. The van der Waals surface area contributed by atoms with Crippen LogP contribution in [0.15, 0.2) is 24.3 Å². The quantitative estimate of drug-likeness (QED) is 0.812. The molecule has 1 heterocycles. The Balaban J connectivity index is 0.00000220. The third-order valence-corrected chi connectivity index (χ3v) is 3.53. The summed E-state index contributed by atoms with van der Waals surface area (Å²) in [6.45, 7) is 4.91. The molecule has 21 heavy (non-hydrogen) atoms. The van der Waals surface area contributed by atoms with Gasteiger partial charge in [0.1, 0.15) is 5.75 Å². The third-order valence-electron chi connectivity index (χ3n) is 3.53. The monoisotopic (exact) mass is 312 g/mol. The SMILES string of the molecule is CCCOc1cccc(NC(=O)CCC2CCNC2)c1.Cl. The fraction of sp³-hybridized carbons (Fsp3) is 0.562. The summed E-state index contributed by atoms with van der Waals surface area (Å²) >= 11 is 0. The van der Waals surface area contributed by atoms with Crippen LogP contribution in [0.2, 0.25) is 0 Å². The molecule has 118 valence electrons. The summed E-state index contributed by atoms with van der Waals surface area (Å²) in [6.07, 6.45) is 3.72. The Morgan fingerprint density at radius 1 is 1.48 bits per heavy atom. The lowest BCUT2D eigenvalue weighted by atomic mass is 10.0. The van der Waals surface area contributed by atoms with Crippen LogP contribution in [0.5, 0.6) is 5.75 Å². The van der Waals surface area contributed by atoms with Crippen LogP contribution in [-0.4, -0.2) is 25.6 Å². The summed E-state index contributed by atoms with van der Waals surface area (Å²) in [5.74, 6) is 1.55. The van der Waals surface area contributed by atoms with Gasteiger partial charge in [0, 0.05) is 18.2 Å². The van der Waals surface area contributed by atoms with Gasteiger partial charge in [0.05, 0.1) is 6.61 Å². The van der Waals surface area contributed by atoms with Crippen molar-refractivity contribution < 1.29 is 9.53 Å². The number of amides is 1. The predicted molar refractivity (Wildman–Crippen MR) is 88.3 cm³/mol. The van der Waals surface area contributed by atoms with E-state index in [1.54, 1.807) is 0 Å². The number of hydrogen-bond donors (Lipinski definition) is 2. The highest BCUT2D eigenvalue weighted by atomic mass is 35.5. The lowest BCUT2D eigenvalue weighted by Crippen LogP contribution is -2.15. The summed E-state index contributed by atoms with van der Waals surface area (Å²) in [7, 11) is 0. The molecule has 5 heteroatoms. The molecule has 0 aliphatic carbocycles. The average molecular weight is 313 g/mol. The smallest absolute Gasteiger partial charge is 0.224 e. The van der Waals surface area contributed by atoms with Crippen molar-refractivity contribution in [3.8, 4) is 5.75 Å². The molecular weight excluding hydrogens is 288 g/mol. The van der Waals surface area contributed by atoms with Crippen LogP contribution in [0.4, 0.5) is 5.69 Å². The first-order chi connectivity index (χ1) is 9.78. The second-order valence-electron chi connectivity index (χ2n) is 5.32. The molecule has 0 aromatic heterocycles. The van der Waals surface area contributed by atoms with Crippen LogP contribution in [0.1, 0.15) is 32.6 Å². The fourth-order valence-electron chi connectivity index (χ4n) is 2.40. The molecule has 1 aliphatic rings. The molecule has 1 atom stereocenters. The second-order valence-corrected chi connectivity index (χ2v) is 5.32. The van der Waals surface area contributed by atoms with E-state index in [4.69, 9.17) is 4.74 Å². The highest BCUT2D eigenvalue weighted by molar-refractivity contribution is 5.90. The zero-order chi connectivity index (χ0) is 14.2. The lowest BCUT2D eigenvalue weighted by Gasteiger charge is -2.10. The molecular formula is C16H25ClN2O2. The van der Waals surface area contributed by atoms with E-state index in [9.17, 15) is 4.79 Å². The van der Waals surface area contributed by atoms with E-state index in [1.807, 2.05) is 24.3 Å². The predicted octanol–water partition coefficient (Wildman–Crippen LogP) is 3.23. The second kappa shape index (κ2) is 9.64. The lowest BCUT2D eigenvalue weighted by molar-refractivity contribution is -0.116. The Labute approximate surface area is 133 Å². The molecule has 1 saturated heterocycles. The van der Waals surface area contributed by atoms with E-state index >= 15 is 0 Å².